The first kappa shape index (κ1) is 24.9. The zero-order chi connectivity index (χ0) is 24.2. The van der Waals surface area contributed by atoms with Crippen molar-refractivity contribution >= 4 is 27.6 Å². The fourth-order valence-electron chi connectivity index (χ4n) is 4.62. The summed E-state index contributed by atoms with van der Waals surface area (Å²) in [7, 11) is -2.57. The van der Waals surface area contributed by atoms with Gasteiger partial charge in [0, 0.05) is 11.7 Å². The molecule has 8 heteroatoms. The van der Waals surface area contributed by atoms with Crippen LogP contribution in [-0.4, -0.2) is 44.3 Å². The van der Waals surface area contributed by atoms with Crippen molar-refractivity contribution in [2.45, 2.75) is 63.8 Å². The number of hydrogen-bond acceptors (Lipinski definition) is 5. The lowest BCUT2D eigenvalue weighted by molar-refractivity contribution is -0.116. The average Bonchev–Trinajstić information content (AvgIpc) is 2.77. The minimum absolute atomic E-state index is 0.212. The molecule has 33 heavy (non-hydrogen) atoms. The molecule has 1 saturated carbocycles. The fraction of sp³-hybridized carbons (Fsp3) is 0.440. The van der Waals surface area contributed by atoms with Gasteiger partial charge in [-0.3, -0.25) is 4.79 Å². The first-order valence-corrected chi connectivity index (χ1v) is 12.7. The monoisotopic (exact) mass is 472 g/mol. The van der Waals surface area contributed by atoms with Gasteiger partial charge in [-0.25, -0.2) is 13.2 Å². The van der Waals surface area contributed by atoms with Crippen LogP contribution in [0.4, 0.5) is 5.69 Å². The second-order valence-electron chi connectivity index (χ2n) is 8.69. The summed E-state index contributed by atoms with van der Waals surface area (Å²) >= 11 is 0. The molecule has 1 amide bonds. The van der Waals surface area contributed by atoms with Gasteiger partial charge in [-0.2, -0.15) is 4.31 Å². The van der Waals surface area contributed by atoms with Crippen LogP contribution in [0.2, 0.25) is 0 Å². The van der Waals surface area contributed by atoms with Crippen LogP contribution in [0, 0.1) is 20.8 Å². The molecule has 1 aliphatic rings. The largest absolute Gasteiger partial charge is 0.465 e. The maximum absolute atomic E-state index is 13.8. The van der Waals surface area contributed by atoms with Crippen LogP contribution < -0.4 is 5.32 Å². The highest BCUT2D eigenvalue weighted by molar-refractivity contribution is 7.89. The second kappa shape index (κ2) is 10.5. The summed E-state index contributed by atoms with van der Waals surface area (Å²) in [6, 6.07) is 9.81. The SMILES string of the molecule is COC(=O)c1ccc(NC(=O)CN(C2CCCCC2)S(=O)(=O)c2c(C)cc(C)cc2C)cc1. The van der Waals surface area contributed by atoms with E-state index in [-0.39, 0.29) is 17.5 Å². The van der Waals surface area contributed by atoms with E-state index >= 15 is 0 Å². The van der Waals surface area contributed by atoms with Gasteiger partial charge in [-0.15, -0.1) is 0 Å². The smallest absolute Gasteiger partial charge is 0.337 e. The van der Waals surface area contributed by atoms with Gasteiger partial charge in [-0.1, -0.05) is 37.0 Å². The number of aryl methyl sites for hydroxylation is 3. The number of hydrogen-bond donors (Lipinski definition) is 1. The Morgan fingerprint density at radius 1 is 1.00 bits per heavy atom. The number of nitrogens with one attached hydrogen (secondary N) is 1. The third-order valence-electron chi connectivity index (χ3n) is 6.04. The topological polar surface area (TPSA) is 92.8 Å². The zero-order valence-corrected chi connectivity index (χ0v) is 20.5. The summed E-state index contributed by atoms with van der Waals surface area (Å²) in [5.74, 6) is -0.885. The van der Waals surface area contributed by atoms with E-state index in [1.165, 1.54) is 11.4 Å². The highest BCUT2D eigenvalue weighted by atomic mass is 32.2. The Morgan fingerprint density at radius 2 is 1.58 bits per heavy atom. The molecule has 2 aromatic carbocycles. The number of benzene rings is 2. The predicted molar refractivity (Wildman–Crippen MR) is 128 cm³/mol. The molecule has 0 bridgehead atoms. The van der Waals surface area contributed by atoms with Gasteiger partial charge in [0.2, 0.25) is 15.9 Å². The Kier molecular flexibility index (Phi) is 7.92. The molecule has 0 heterocycles. The highest BCUT2D eigenvalue weighted by Crippen LogP contribution is 2.31. The first-order chi connectivity index (χ1) is 15.6. The van der Waals surface area contributed by atoms with E-state index in [1.807, 2.05) is 19.1 Å². The van der Waals surface area contributed by atoms with Gasteiger partial charge in [0.05, 0.1) is 24.1 Å². The van der Waals surface area contributed by atoms with Crippen molar-refractivity contribution in [1.29, 1.82) is 0 Å². The number of anilines is 1. The van der Waals surface area contributed by atoms with Crippen LogP contribution >= 0.6 is 0 Å². The minimum Gasteiger partial charge on any atom is -0.465 e. The lowest BCUT2D eigenvalue weighted by Gasteiger charge is -2.33. The van der Waals surface area contributed by atoms with Gasteiger partial charge in [-0.05, 0) is 69.0 Å². The lowest BCUT2D eigenvalue weighted by atomic mass is 9.95. The Bertz CT molecular complexity index is 1100. The summed E-state index contributed by atoms with van der Waals surface area (Å²) < 4.78 is 33.7. The molecule has 1 N–H and O–H groups in total. The van der Waals surface area contributed by atoms with Crippen molar-refractivity contribution in [1.82, 2.24) is 4.31 Å². The Hall–Kier alpha value is -2.71. The van der Waals surface area contributed by atoms with Crippen LogP contribution in [0.3, 0.4) is 0 Å². The van der Waals surface area contributed by atoms with Crippen LogP contribution in [0.15, 0.2) is 41.3 Å². The summed E-state index contributed by atoms with van der Waals surface area (Å²) in [6.45, 7) is 5.27. The van der Waals surface area contributed by atoms with Gasteiger partial charge >= 0.3 is 5.97 Å². The number of rotatable bonds is 7. The lowest BCUT2D eigenvalue weighted by Crippen LogP contribution is -2.46. The van der Waals surface area contributed by atoms with Gasteiger partial charge in [0.25, 0.3) is 0 Å². The highest BCUT2D eigenvalue weighted by Gasteiger charge is 2.35. The predicted octanol–water partition coefficient (Wildman–Crippen LogP) is 4.36. The fourth-order valence-corrected chi connectivity index (χ4v) is 6.68. The van der Waals surface area contributed by atoms with Crippen molar-refractivity contribution in [3.8, 4) is 0 Å². The zero-order valence-electron chi connectivity index (χ0n) is 19.7. The molecule has 178 valence electrons. The third kappa shape index (κ3) is 5.81. The Morgan fingerprint density at radius 3 is 2.12 bits per heavy atom. The molecule has 0 saturated heterocycles. The van der Waals surface area contributed by atoms with Gasteiger partial charge < -0.3 is 10.1 Å². The molecule has 0 aromatic heterocycles. The van der Waals surface area contributed by atoms with Crippen LogP contribution in [0.5, 0.6) is 0 Å². The van der Waals surface area contributed by atoms with Crippen molar-refractivity contribution in [3.63, 3.8) is 0 Å². The van der Waals surface area contributed by atoms with Crippen LogP contribution in [0.1, 0.15) is 59.2 Å². The molecular formula is C25H32N2O5S. The van der Waals surface area contributed by atoms with Crippen LogP contribution in [0.25, 0.3) is 0 Å². The number of amides is 1. The van der Waals surface area contributed by atoms with E-state index in [4.69, 9.17) is 0 Å². The van der Waals surface area contributed by atoms with E-state index in [1.54, 1.807) is 38.1 Å². The quantitative estimate of drug-likeness (QED) is 0.605. The average molecular weight is 473 g/mol. The van der Waals surface area contributed by atoms with Crippen molar-refractivity contribution in [3.05, 3.63) is 58.7 Å². The molecule has 2 aromatic rings. The van der Waals surface area contributed by atoms with E-state index in [0.717, 1.165) is 37.7 Å². The van der Waals surface area contributed by atoms with Gasteiger partial charge in [0.1, 0.15) is 0 Å². The van der Waals surface area contributed by atoms with E-state index in [2.05, 4.69) is 10.1 Å². The summed E-state index contributed by atoms with van der Waals surface area (Å²) in [4.78, 5) is 24.8. The summed E-state index contributed by atoms with van der Waals surface area (Å²) in [6.07, 6.45) is 4.44. The Labute approximate surface area is 196 Å². The number of carbonyl (C=O) groups excluding carboxylic acids is 2. The molecule has 0 radical (unpaired) electrons. The van der Waals surface area contributed by atoms with Crippen molar-refractivity contribution in [2.24, 2.45) is 0 Å². The first-order valence-electron chi connectivity index (χ1n) is 11.2. The minimum atomic E-state index is -3.88. The van der Waals surface area contributed by atoms with Crippen molar-refractivity contribution < 1.29 is 22.7 Å². The number of sulfonamides is 1. The van der Waals surface area contributed by atoms with E-state index in [0.29, 0.717) is 22.4 Å². The standard InChI is InChI=1S/C25H32N2O5S/c1-17-14-18(2)24(19(3)15-17)33(30,31)27(22-8-6-5-7-9-22)16-23(28)26-21-12-10-20(11-13-21)25(29)32-4/h10-15,22H,5-9,16H2,1-4H3,(H,26,28). The number of nitrogens with zero attached hydrogens (tertiary/aromatic N) is 1. The maximum atomic E-state index is 13.8. The molecule has 1 fully saturated rings. The molecule has 7 nitrogen and oxygen atoms in total. The molecule has 0 aliphatic heterocycles. The summed E-state index contributed by atoms with van der Waals surface area (Å²) in [5.41, 5.74) is 3.23. The van der Waals surface area contributed by atoms with Crippen molar-refractivity contribution in [2.75, 3.05) is 19.0 Å². The Balaban J connectivity index is 1.87. The molecular weight excluding hydrogens is 440 g/mol. The molecule has 1 aliphatic carbocycles. The van der Waals surface area contributed by atoms with E-state index in [9.17, 15) is 18.0 Å². The van der Waals surface area contributed by atoms with Crippen LogP contribution in [-0.2, 0) is 19.6 Å². The number of ether oxygens (including phenoxy) is 1. The number of methoxy groups -OCH3 is 1. The number of esters is 1. The van der Waals surface area contributed by atoms with Gasteiger partial charge in [0.15, 0.2) is 0 Å². The molecule has 0 atom stereocenters. The van der Waals surface area contributed by atoms with E-state index < -0.39 is 21.9 Å². The summed E-state index contributed by atoms with van der Waals surface area (Å²) in [5, 5.41) is 2.76. The third-order valence-corrected chi connectivity index (χ3v) is 8.25. The molecule has 0 unspecified atom stereocenters. The molecule has 3 rings (SSSR count). The normalized spacial score (nSPS) is 14.8. The number of carbonyl (C=O) groups is 2. The second-order valence-corrected chi connectivity index (χ2v) is 10.5. The molecule has 0 spiro atoms. The maximum Gasteiger partial charge on any atom is 0.337 e.